The van der Waals surface area contributed by atoms with Crippen molar-refractivity contribution in [2.45, 2.75) is 57.6 Å². The fraction of sp³-hybridized carbons (Fsp3) is 1.00. The Morgan fingerprint density at radius 1 is 1.40 bits per heavy atom. The van der Waals surface area contributed by atoms with Crippen molar-refractivity contribution in [1.82, 2.24) is 0 Å². The van der Waals surface area contributed by atoms with Gasteiger partial charge in [0, 0.05) is 5.54 Å². The summed E-state index contributed by atoms with van der Waals surface area (Å²) in [4.78, 5) is 0. The maximum absolute atomic E-state index is 9.98. The summed E-state index contributed by atoms with van der Waals surface area (Å²) in [6, 6.07) is 0. The summed E-state index contributed by atoms with van der Waals surface area (Å²) in [5.74, 6) is 0.204. The maximum Gasteiger partial charge on any atom is 0.0874 e. The number of aliphatic hydroxyl groups is 1. The lowest BCUT2D eigenvalue weighted by atomic mass is 9.93. The largest absolute Gasteiger partial charge is 0.388 e. The van der Waals surface area contributed by atoms with Crippen LogP contribution < -0.4 is 5.73 Å². The minimum absolute atomic E-state index is 0.132. The zero-order chi connectivity index (χ0) is 11.5. The Morgan fingerprint density at radius 3 is 2.40 bits per heavy atom. The third-order valence-corrected chi connectivity index (χ3v) is 3.63. The van der Waals surface area contributed by atoms with Gasteiger partial charge < -0.3 is 15.6 Å². The molecule has 1 saturated carbocycles. The quantitative estimate of drug-likeness (QED) is 0.733. The lowest BCUT2D eigenvalue weighted by molar-refractivity contribution is -0.0715. The molecule has 3 nitrogen and oxygen atoms in total. The zero-order valence-corrected chi connectivity index (χ0v) is 10.3. The Hall–Kier alpha value is -0.120. The van der Waals surface area contributed by atoms with Gasteiger partial charge in [-0.15, -0.1) is 0 Å². The fourth-order valence-corrected chi connectivity index (χ4v) is 1.85. The summed E-state index contributed by atoms with van der Waals surface area (Å²) < 4.78 is 5.57. The van der Waals surface area contributed by atoms with Gasteiger partial charge in [-0.05, 0) is 25.7 Å². The number of hydrogen-bond donors (Lipinski definition) is 2. The van der Waals surface area contributed by atoms with Gasteiger partial charge >= 0.3 is 0 Å². The first-order valence-corrected chi connectivity index (χ1v) is 5.95. The van der Waals surface area contributed by atoms with E-state index in [0.29, 0.717) is 13.2 Å². The van der Waals surface area contributed by atoms with Gasteiger partial charge in [-0.2, -0.15) is 0 Å². The Labute approximate surface area is 93.0 Å². The topological polar surface area (TPSA) is 55.5 Å². The monoisotopic (exact) mass is 215 g/mol. The van der Waals surface area contributed by atoms with Crippen LogP contribution in [0.1, 0.15) is 46.5 Å². The molecule has 1 aliphatic carbocycles. The van der Waals surface area contributed by atoms with Gasteiger partial charge in [-0.1, -0.05) is 26.7 Å². The average molecular weight is 215 g/mol. The van der Waals surface area contributed by atoms with Crippen LogP contribution in [0.15, 0.2) is 0 Å². The molecule has 0 spiro atoms. The van der Waals surface area contributed by atoms with E-state index in [1.807, 2.05) is 20.8 Å². The zero-order valence-electron chi connectivity index (χ0n) is 10.3. The number of hydrogen-bond acceptors (Lipinski definition) is 3. The van der Waals surface area contributed by atoms with Crippen molar-refractivity contribution in [3.05, 3.63) is 0 Å². The fourth-order valence-electron chi connectivity index (χ4n) is 1.85. The molecule has 90 valence electrons. The molecule has 1 rings (SSSR count). The van der Waals surface area contributed by atoms with Crippen LogP contribution in [0.2, 0.25) is 0 Å². The first-order valence-electron chi connectivity index (χ1n) is 5.95. The molecule has 15 heavy (non-hydrogen) atoms. The third kappa shape index (κ3) is 3.74. The van der Waals surface area contributed by atoms with Crippen LogP contribution in [-0.4, -0.2) is 29.5 Å². The smallest absolute Gasteiger partial charge is 0.0874 e. The summed E-state index contributed by atoms with van der Waals surface area (Å²) in [5, 5.41) is 9.98. The van der Waals surface area contributed by atoms with E-state index in [2.05, 4.69) is 0 Å². The lowest BCUT2D eigenvalue weighted by Crippen LogP contribution is -2.44. The molecule has 0 aromatic carbocycles. The first kappa shape index (κ1) is 12.9. The Balaban J connectivity index is 2.26. The summed E-state index contributed by atoms with van der Waals surface area (Å²) in [6.45, 7) is 6.77. The molecule has 0 amide bonds. The van der Waals surface area contributed by atoms with Gasteiger partial charge in [0.2, 0.25) is 0 Å². The summed E-state index contributed by atoms with van der Waals surface area (Å²) in [5.41, 5.74) is 5.28. The summed E-state index contributed by atoms with van der Waals surface area (Å²) >= 11 is 0. The van der Waals surface area contributed by atoms with Crippen LogP contribution in [0.3, 0.4) is 0 Å². The molecule has 3 N–H and O–H groups in total. The molecule has 1 atom stereocenters. The van der Waals surface area contributed by atoms with Crippen molar-refractivity contribution < 1.29 is 9.84 Å². The van der Waals surface area contributed by atoms with Crippen molar-refractivity contribution in [3.63, 3.8) is 0 Å². The number of nitrogens with two attached hydrogens (primary N) is 1. The van der Waals surface area contributed by atoms with E-state index in [1.54, 1.807) is 0 Å². The van der Waals surface area contributed by atoms with Crippen molar-refractivity contribution in [2.24, 2.45) is 11.7 Å². The highest BCUT2D eigenvalue weighted by Gasteiger charge is 2.31. The summed E-state index contributed by atoms with van der Waals surface area (Å²) in [6.07, 6.45) is 4.52. The Morgan fingerprint density at radius 2 is 1.93 bits per heavy atom. The minimum Gasteiger partial charge on any atom is -0.388 e. The van der Waals surface area contributed by atoms with Crippen LogP contribution in [0.25, 0.3) is 0 Å². The van der Waals surface area contributed by atoms with Crippen LogP contribution in [0.5, 0.6) is 0 Å². The van der Waals surface area contributed by atoms with Crippen LogP contribution >= 0.6 is 0 Å². The molecule has 1 unspecified atom stereocenters. The van der Waals surface area contributed by atoms with Crippen molar-refractivity contribution in [3.8, 4) is 0 Å². The van der Waals surface area contributed by atoms with Crippen molar-refractivity contribution in [1.29, 1.82) is 0 Å². The van der Waals surface area contributed by atoms with Gasteiger partial charge in [0.05, 0.1) is 18.8 Å². The lowest BCUT2D eigenvalue weighted by Gasteiger charge is -2.30. The second kappa shape index (κ2) is 4.81. The highest BCUT2D eigenvalue weighted by molar-refractivity contribution is 4.89. The van der Waals surface area contributed by atoms with Crippen LogP contribution in [0, 0.1) is 5.92 Å². The predicted octanol–water partition coefficient (Wildman–Crippen LogP) is 1.68. The molecule has 0 heterocycles. The van der Waals surface area contributed by atoms with E-state index in [-0.39, 0.29) is 11.5 Å². The van der Waals surface area contributed by atoms with Crippen LogP contribution in [0.4, 0.5) is 0 Å². The van der Waals surface area contributed by atoms with Gasteiger partial charge in [-0.25, -0.2) is 0 Å². The van der Waals surface area contributed by atoms with E-state index in [9.17, 15) is 5.11 Å². The van der Waals surface area contributed by atoms with E-state index in [4.69, 9.17) is 10.5 Å². The normalized spacial score (nSPS) is 24.4. The summed E-state index contributed by atoms with van der Waals surface area (Å²) in [7, 11) is 0. The molecule has 0 aromatic heterocycles. The third-order valence-electron chi connectivity index (χ3n) is 3.63. The van der Waals surface area contributed by atoms with Crippen molar-refractivity contribution in [2.75, 3.05) is 13.2 Å². The molecule has 1 aliphatic rings. The Bertz CT molecular complexity index is 191. The second-order valence-corrected chi connectivity index (χ2v) is 5.57. The molecule has 0 aromatic rings. The number of rotatable bonds is 5. The maximum atomic E-state index is 9.98. The van der Waals surface area contributed by atoms with Crippen molar-refractivity contribution >= 4 is 0 Å². The molecule has 0 radical (unpaired) electrons. The molecule has 3 heteroatoms. The molecule has 0 saturated heterocycles. The van der Waals surface area contributed by atoms with E-state index >= 15 is 0 Å². The molecule has 0 bridgehead atoms. The van der Waals surface area contributed by atoms with Gasteiger partial charge in [0.15, 0.2) is 0 Å². The Kier molecular flexibility index (Phi) is 4.15. The molecule has 1 fully saturated rings. The molecule has 0 aliphatic heterocycles. The minimum atomic E-state index is -0.741. The molecular weight excluding hydrogens is 190 g/mol. The second-order valence-electron chi connectivity index (χ2n) is 5.57. The standard InChI is InChI=1S/C12H25NO2/c1-10(2)11(3,14)8-15-9-12(13)6-4-5-7-12/h10,14H,4-9,13H2,1-3H3. The van der Waals surface area contributed by atoms with Gasteiger partial charge in [-0.3, -0.25) is 0 Å². The van der Waals surface area contributed by atoms with E-state index in [1.165, 1.54) is 12.8 Å². The highest BCUT2D eigenvalue weighted by Crippen LogP contribution is 2.27. The average Bonchev–Trinajstić information content (AvgIpc) is 2.51. The SMILES string of the molecule is CC(C)C(C)(O)COCC1(N)CCCC1. The number of ether oxygens (including phenoxy) is 1. The van der Waals surface area contributed by atoms with Gasteiger partial charge in [0.1, 0.15) is 0 Å². The molecular formula is C12H25NO2. The first-order chi connectivity index (χ1) is 6.86. The predicted molar refractivity (Wildman–Crippen MR) is 61.7 cm³/mol. The van der Waals surface area contributed by atoms with Gasteiger partial charge in [0.25, 0.3) is 0 Å². The van der Waals surface area contributed by atoms with Crippen LogP contribution in [-0.2, 0) is 4.74 Å². The highest BCUT2D eigenvalue weighted by atomic mass is 16.5. The van der Waals surface area contributed by atoms with E-state index < -0.39 is 5.60 Å². The van der Waals surface area contributed by atoms with E-state index in [0.717, 1.165) is 12.8 Å².